The quantitative estimate of drug-likeness (QED) is 0.301. The summed E-state index contributed by atoms with van der Waals surface area (Å²) >= 11 is 0. The molecule has 0 saturated heterocycles. The second-order valence-corrected chi connectivity index (χ2v) is 8.75. The van der Waals surface area contributed by atoms with Crippen LogP contribution in [0.1, 0.15) is 33.7 Å². The molecule has 0 aliphatic heterocycles. The largest absolute Gasteiger partial charge is 0.488 e. The van der Waals surface area contributed by atoms with Crippen LogP contribution in [0.3, 0.4) is 0 Å². The summed E-state index contributed by atoms with van der Waals surface area (Å²) in [7, 11) is 0. The van der Waals surface area contributed by atoms with Gasteiger partial charge >= 0.3 is 6.09 Å². The van der Waals surface area contributed by atoms with Crippen LogP contribution in [0.4, 0.5) is 4.79 Å². The third-order valence-electron chi connectivity index (χ3n) is 6.38. The van der Waals surface area contributed by atoms with E-state index in [1.807, 2.05) is 78.9 Å². The van der Waals surface area contributed by atoms with E-state index < -0.39 is 6.09 Å². The first-order valence-corrected chi connectivity index (χ1v) is 12.2. The number of rotatable bonds is 8. The summed E-state index contributed by atoms with van der Waals surface area (Å²) in [4.78, 5) is 12.4. The topological polar surface area (TPSA) is 71.4 Å². The average Bonchev–Trinajstić information content (AvgIpc) is 3.27. The Bertz CT molecular complexity index is 1430. The molecule has 5 heteroatoms. The van der Waals surface area contributed by atoms with Crippen molar-refractivity contribution in [2.75, 3.05) is 13.2 Å². The number of hydrogen-bond acceptors (Lipinski definition) is 4. The van der Waals surface area contributed by atoms with Crippen molar-refractivity contribution in [1.82, 2.24) is 5.32 Å². The Morgan fingerprint density at radius 1 is 0.892 bits per heavy atom. The van der Waals surface area contributed by atoms with E-state index in [0.717, 1.165) is 11.1 Å². The summed E-state index contributed by atoms with van der Waals surface area (Å²) < 4.78 is 11.5. The number of nitrogens with zero attached hydrogens (tertiary/aromatic N) is 1. The maximum Gasteiger partial charge on any atom is 0.407 e. The maximum absolute atomic E-state index is 12.4. The number of benzene rings is 4. The number of ether oxygens (including phenoxy) is 2. The van der Waals surface area contributed by atoms with Gasteiger partial charge in [0.1, 0.15) is 25.0 Å². The highest BCUT2D eigenvalue weighted by Crippen LogP contribution is 2.44. The summed E-state index contributed by atoms with van der Waals surface area (Å²) in [5.74, 6) is 0.555. The highest BCUT2D eigenvalue weighted by Gasteiger charge is 2.28. The van der Waals surface area contributed by atoms with Crippen LogP contribution < -0.4 is 10.1 Å². The zero-order valence-electron chi connectivity index (χ0n) is 20.3. The Balaban J connectivity index is 1.14. The number of amides is 1. The monoisotopic (exact) mass is 486 g/mol. The number of carbonyl (C=O) groups excluding carboxylic acids is 1. The van der Waals surface area contributed by atoms with Gasteiger partial charge < -0.3 is 14.8 Å². The molecule has 0 aromatic heterocycles. The normalized spacial score (nSPS) is 12.0. The van der Waals surface area contributed by atoms with Crippen LogP contribution in [0.2, 0.25) is 0 Å². The first-order valence-electron chi connectivity index (χ1n) is 12.2. The molecule has 1 N–H and O–H groups in total. The fraction of sp³-hybridized carbons (Fsp3) is 0.125. The lowest BCUT2D eigenvalue weighted by molar-refractivity contribution is 0.144. The highest BCUT2D eigenvalue weighted by atomic mass is 16.5. The zero-order valence-corrected chi connectivity index (χ0v) is 20.3. The predicted octanol–water partition coefficient (Wildman–Crippen LogP) is 6.69. The molecule has 0 spiro atoms. The van der Waals surface area contributed by atoms with Gasteiger partial charge in [-0.05, 0) is 45.5 Å². The van der Waals surface area contributed by atoms with Gasteiger partial charge in [0.05, 0.1) is 5.56 Å². The number of fused-ring (bicyclic) bond motifs is 3. The Morgan fingerprint density at radius 2 is 1.57 bits per heavy atom. The molecule has 5 nitrogen and oxygen atoms in total. The Morgan fingerprint density at radius 3 is 2.27 bits per heavy atom. The van der Waals surface area contributed by atoms with E-state index in [1.165, 1.54) is 22.3 Å². The van der Waals surface area contributed by atoms with Gasteiger partial charge in [0.2, 0.25) is 0 Å². The van der Waals surface area contributed by atoms with Gasteiger partial charge in [-0.25, -0.2) is 4.79 Å². The van der Waals surface area contributed by atoms with Crippen molar-refractivity contribution < 1.29 is 14.3 Å². The molecule has 0 atom stereocenters. The zero-order chi connectivity index (χ0) is 25.5. The minimum Gasteiger partial charge on any atom is -0.488 e. The van der Waals surface area contributed by atoms with Crippen molar-refractivity contribution in [3.63, 3.8) is 0 Å². The molecule has 0 unspecified atom stereocenters. The fourth-order valence-corrected chi connectivity index (χ4v) is 4.58. The van der Waals surface area contributed by atoms with Crippen molar-refractivity contribution in [1.29, 1.82) is 5.26 Å². The lowest BCUT2D eigenvalue weighted by Gasteiger charge is -2.14. The van der Waals surface area contributed by atoms with Crippen LogP contribution in [0.5, 0.6) is 5.75 Å². The molecule has 0 bridgehead atoms. The van der Waals surface area contributed by atoms with E-state index in [9.17, 15) is 10.1 Å². The average molecular weight is 487 g/mol. The van der Waals surface area contributed by atoms with Crippen molar-refractivity contribution in [3.8, 4) is 22.9 Å². The molecule has 1 aliphatic carbocycles. The molecule has 37 heavy (non-hydrogen) atoms. The maximum atomic E-state index is 12.4. The second-order valence-electron chi connectivity index (χ2n) is 8.75. The summed E-state index contributed by atoms with van der Waals surface area (Å²) in [5, 5.41) is 12.2. The van der Waals surface area contributed by atoms with Crippen molar-refractivity contribution >= 4 is 12.2 Å². The van der Waals surface area contributed by atoms with Crippen LogP contribution in [-0.4, -0.2) is 19.2 Å². The highest BCUT2D eigenvalue weighted by molar-refractivity contribution is 5.79. The SMILES string of the molecule is N#Cc1ccc(C=CCNC(=O)OCC2c3ccccc3-c3ccccc32)cc1OCc1ccccc1. The molecule has 5 rings (SSSR count). The second kappa shape index (κ2) is 11.3. The summed E-state index contributed by atoms with van der Waals surface area (Å²) in [6.07, 6.45) is 3.25. The third-order valence-corrected chi connectivity index (χ3v) is 6.38. The van der Waals surface area contributed by atoms with Gasteiger partial charge in [-0.2, -0.15) is 5.26 Å². The van der Waals surface area contributed by atoms with E-state index in [-0.39, 0.29) is 12.5 Å². The van der Waals surface area contributed by atoms with Crippen molar-refractivity contribution in [2.24, 2.45) is 0 Å². The molecule has 0 heterocycles. The molecular weight excluding hydrogens is 460 g/mol. The molecule has 4 aromatic rings. The Kier molecular flexibility index (Phi) is 7.29. The summed E-state index contributed by atoms with van der Waals surface area (Å²) in [5.41, 5.74) is 7.14. The minimum absolute atomic E-state index is 0.0293. The minimum atomic E-state index is -0.460. The van der Waals surface area contributed by atoms with Gasteiger partial charge in [0, 0.05) is 12.5 Å². The standard InChI is InChI=1S/C32H26N2O3/c33-20-25-17-16-23(19-31(25)36-21-24-9-2-1-3-10-24)11-8-18-34-32(35)37-22-30-28-14-6-4-12-26(28)27-13-5-7-15-29(27)30/h1-17,19,30H,18,21-22H2,(H,34,35). The van der Waals surface area contributed by atoms with Gasteiger partial charge in [-0.1, -0.05) is 97.1 Å². The van der Waals surface area contributed by atoms with E-state index in [2.05, 4.69) is 35.7 Å². The van der Waals surface area contributed by atoms with Crippen LogP contribution >= 0.6 is 0 Å². The van der Waals surface area contributed by atoms with Crippen molar-refractivity contribution in [2.45, 2.75) is 12.5 Å². The molecule has 0 saturated carbocycles. The van der Waals surface area contributed by atoms with Crippen LogP contribution in [0, 0.1) is 11.3 Å². The van der Waals surface area contributed by atoms with Crippen LogP contribution in [-0.2, 0) is 11.3 Å². The smallest absolute Gasteiger partial charge is 0.407 e. The van der Waals surface area contributed by atoms with E-state index in [0.29, 0.717) is 24.5 Å². The summed E-state index contributed by atoms with van der Waals surface area (Å²) in [6, 6.07) is 33.9. The molecular formula is C32H26N2O3. The van der Waals surface area contributed by atoms with Crippen LogP contribution in [0.15, 0.2) is 103 Å². The number of hydrogen-bond donors (Lipinski definition) is 1. The lowest BCUT2D eigenvalue weighted by Crippen LogP contribution is -2.26. The number of nitriles is 1. The lowest BCUT2D eigenvalue weighted by atomic mass is 9.98. The van der Waals surface area contributed by atoms with Gasteiger partial charge in [-0.15, -0.1) is 0 Å². The van der Waals surface area contributed by atoms with E-state index in [4.69, 9.17) is 9.47 Å². The van der Waals surface area contributed by atoms with Crippen LogP contribution in [0.25, 0.3) is 17.2 Å². The first-order chi connectivity index (χ1) is 18.2. The van der Waals surface area contributed by atoms with E-state index >= 15 is 0 Å². The Hall–Kier alpha value is -4.82. The molecule has 0 radical (unpaired) electrons. The summed E-state index contributed by atoms with van der Waals surface area (Å²) in [6.45, 7) is 0.976. The number of alkyl carbamates (subject to hydrolysis) is 1. The third kappa shape index (κ3) is 5.55. The molecule has 182 valence electrons. The molecule has 1 amide bonds. The first kappa shape index (κ1) is 23.9. The fourth-order valence-electron chi connectivity index (χ4n) is 4.58. The molecule has 0 fully saturated rings. The van der Waals surface area contributed by atoms with Gasteiger partial charge in [0.15, 0.2) is 0 Å². The molecule has 4 aromatic carbocycles. The Labute approximate surface area is 216 Å². The number of nitrogens with one attached hydrogen (secondary N) is 1. The van der Waals surface area contributed by atoms with Gasteiger partial charge in [-0.3, -0.25) is 0 Å². The van der Waals surface area contributed by atoms with E-state index in [1.54, 1.807) is 6.07 Å². The van der Waals surface area contributed by atoms with Gasteiger partial charge in [0.25, 0.3) is 0 Å². The number of carbonyl (C=O) groups is 1. The predicted molar refractivity (Wildman–Crippen MR) is 144 cm³/mol. The van der Waals surface area contributed by atoms with Crippen molar-refractivity contribution in [3.05, 3.63) is 131 Å². The molecule has 1 aliphatic rings.